The molecule has 0 aromatic rings. The summed E-state index contributed by atoms with van der Waals surface area (Å²) < 4.78 is 62.8. The molecule has 0 aliphatic carbocycles. The van der Waals surface area contributed by atoms with Crippen molar-refractivity contribution in [2.45, 2.75) is 64.0 Å². The topological polar surface area (TPSA) is 40.5 Å². The summed E-state index contributed by atoms with van der Waals surface area (Å²) in [5, 5.41) is 17.4. The number of hydrogen-bond acceptors (Lipinski definition) is 2. The predicted octanol–water partition coefficient (Wildman–Crippen LogP) is 2.87. The molecule has 0 bridgehead atoms. The molecule has 2 N–H and O–H groups in total. The van der Waals surface area contributed by atoms with Crippen molar-refractivity contribution < 1.29 is 21.2 Å². The molecule has 0 atom stereocenters. The van der Waals surface area contributed by atoms with Gasteiger partial charge in [-0.2, -0.15) is 0 Å². The quantitative estimate of drug-likeness (QED) is 0.515. The highest BCUT2D eigenvalue weighted by molar-refractivity contribution is 4.47. The fourth-order valence-corrected chi connectivity index (χ4v) is 0.864. The zero-order chi connectivity index (χ0) is 17.7. The van der Waals surface area contributed by atoms with Crippen molar-refractivity contribution in [1.29, 1.82) is 0 Å². The largest absolute Gasteiger partial charge is 0.396 e. The van der Waals surface area contributed by atoms with E-state index in [1.54, 1.807) is 0 Å². The van der Waals surface area contributed by atoms with Gasteiger partial charge in [-0.3, -0.25) is 0 Å². The molecule has 0 aromatic heterocycles. The zero-order valence-corrected chi connectivity index (χ0v) is 8.55. The van der Waals surface area contributed by atoms with E-state index in [1.807, 2.05) is 0 Å². The van der Waals surface area contributed by atoms with Gasteiger partial charge in [-0.15, -0.1) is 0 Å². The third-order valence-electron chi connectivity index (χ3n) is 1.66. The maximum absolute atomic E-state index is 8.70. The van der Waals surface area contributed by atoms with Crippen LogP contribution in [0.1, 0.15) is 75.0 Å². The molecule has 86 valence electrons. The van der Waals surface area contributed by atoms with Crippen molar-refractivity contribution in [3.8, 4) is 0 Å². The van der Waals surface area contributed by atoms with Crippen LogP contribution in [0.3, 0.4) is 0 Å². The molecule has 0 saturated carbocycles. The summed E-state index contributed by atoms with van der Waals surface area (Å²) >= 11 is 0. The van der Waals surface area contributed by atoms with Crippen LogP contribution in [0.5, 0.6) is 0 Å². The molecule has 0 radical (unpaired) electrons. The maximum atomic E-state index is 8.70. The van der Waals surface area contributed by atoms with Gasteiger partial charge in [-0.25, -0.2) is 0 Å². The minimum absolute atomic E-state index is 0.159. The Hall–Kier alpha value is -0.0800. The van der Waals surface area contributed by atoms with E-state index in [-0.39, 0.29) is 51.7 Å². The number of aliphatic hydroxyl groups is 2. The molecule has 0 rings (SSSR count). The molecule has 0 spiro atoms. The molecule has 0 amide bonds. The average Bonchev–Trinajstić information content (AvgIpc) is 2.38. The Balaban J connectivity index is 5.18. The second-order valence-corrected chi connectivity index (χ2v) is 2.96. The number of rotatable bonds is 11. The molecule has 0 aliphatic rings. The Kier molecular flexibility index (Phi) is 4.90. The van der Waals surface area contributed by atoms with E-state index < -0.39 is 25.5 Å². The van der Waals surface area contributed by atoms with Crippen LogP contribution in [-0.4, -0.2) is 23.4 Å². The van der Waals surface area contributed by atoms with Crippen LogP contribution in [0.15, 0.2) is 0 Å². The summed E-state index contributed by atoms with van der Waals surface area (Å²) in [7, 11) is 0. The molecule has 2 nitrogen and oxygen atoms in total. The van der Waals surface area contributed by atoms with Crippen LogP contribution in [0, 0.1) is 0 Å². The van der Waals surface area contributed by atoms with Gasteiger partial charge in [-0.05, 0) is 12.8 Å². The van der Waals surface area contributed by atoms with Crippen molar-refractivity contribution in [3.63, 3.8) is 0 Å². The first-order valence-corrected chi connectivity index (χ1v) is 5.09. The molecule has 2 heteroatoms. The lowest BCUT2D eigenvalue weighted by atomic mass is 10.1. The Bertz CT molecular complexity index is 301. The fourth-order valence-electron chi connectivity index (χ4n) is 0.864. The van der Waals surface area contributed by atoms with Gasteiger partial charge >= 0.3 is 0 Å². The summed E-state index contributed by atoms with van der Waals surface area (Å²) in [6, 6.07) is 0. The molecule has 14 heavy (non-hydrogen) atoms. The highest BCUT2D eigenvalue weighted by atomic mass is 16.3. The van der Waals surface area contributed by atoms with E-state index in [4.69, 9.17) is 21.2 Å². The molecule has 0 aliphatic heterocycles. The maximum Gasteiger partial charge on any atom is 0.0431 e. The van der Waals surface area contributed by atoms with Gasteiger partial charge in [0.2, 0.25) is 0 Å². The van der Waals surface area contributed by atoms with Gasteiger partial charge in [0.05, 0.1) is 0 Å². The second kappa shape index (κ2) is 12.9. The molecule has 0 aromatic carbocycles. The van der Waals surface area contributed by atoms with Crippen LogP contribution in [-0.2, 0) is 0 Å². The van der Waals surface area contributed by atoms with Crippen molar-refractivity contribution in [3.05, 3.63) is 0 Å². The SMILES string of the molecule is [2H]C([2H])(CCCCO)C([2H])([2H])C([2H])([2H])C([2H])([2H])CCCCO. The molecule has 0 saturated heterocycles. The van der Waals surface area contributed by atoms with Crippen molar-refractivity contribution in [2.75, 3.05) is 13.2 Å². The molecular formula is C12H26O2. The second-order valence-electron chi connectivity index (χ2n) is 2.96. The normalized spacial score (nSPS) is 23.3. The van der Waals surface area contributed by atoms with E-state index in [0.717, 1.165) is 0 Å². The van der Waals surface area contributed by atoms with E-state index in [0.29, 0.717) is 0 Å². The first-order chi connectivity index (χ1) is 9.87. The lowest BCUT2D eigenvalue weighted by molar-refractivity contribution is 0.281. The highest BCUT2D eigenvalue weighted by Gasteiger charge is 1.92. The smallest absolute Gasteiger partial charge is 0.0431 e. The van der Waals surface area contributed by atoms with Gasteiger partial charge in [0.1, 0.15) is 0 Å². The number of hydrogen-bond donors (Lipinski definition) is 2. The molecule has 0 heterocycles. The third-order valence-corrected chi connectivity index (χ3v) is 1.66. The van der Waals surface area contributed by atoms with Gasteiger partial charge in [0, 0.05) is 24.2 Å². The zero-order valence-electron chi connectivity index (χ0n) is 16.6. The van der Waals surface area contributed by atoms with Crippen molar-refractivity contribution in [1.82, 2.24) is 0 Å². The van der Waals surface area contributed by atoms with Crippen molar-refractivity contribution >= 4 is 0 Å². The van der Waals surface area contributed by atoms with Crippen LogP contribution in [0.25, 0.3) is 0 Å². The first kappa shape index (κ1) is 5.31. The minimum Gasteiger partial charge on any atom is -0.396 e. The van der Waals surface area contributed by atoms with E-state index in [9.17, 15) is 0 Å². The third kappa shape index (κ3) is 11.9. The van der Waals surface area contributed by atoms with Crippen LogP contribution in [0.2, 0.25) is 0 Å². The van der Waals surface area contributed by atoms with Gasteiger partial charge < -0.3 is 10.2 Å². The Morgan fingerprint density at radius 2 is 1.00 bits per heavy atom. The van der Waals surface area contributed by atoms with Gasteiger partial charge in [-0.1, -0.05) is 51.2 Å². The van der Waals surface area contributed by atoms with Crippen molar-refractivity contribution in [2.24, 2.45) is 0 Å². The molecular weight excluding hydrogens is 176 g/mol. The Morgan fingerprint density at radius 3 is 1.36 bits per heavy atom. The van der Waals surface area contributed by atoms with E-state index in [2.05, 4.69) is 0 Å². The Labute approximate surface area is 99.6 Å². The summed E-state index contributed by atoms with van der Waals surface area (Å²) in [5.74, 6) is 0. The van der Waals surface area contributed by atoms with Crippen LogP contribution >= 0.6 is 0 Å². The Morgan fingerprint density at radius 1 is 0.571 bits per heavy atom. The van der Waals surface area contributed by atoms with Crippen LogP contribution in [0.4, 0.5) is 0 Å². The van der Waals surface area contributed by atoms with E-state index in [1.165, 1.54) is 0 Å². The standard InChI is InChI=1S/C12H26O2/c13-11-9-7-5-3-1-2-4-6-8-10-12-14/h13-14H,1-12H2/i1D2,2D2,3D2,4D2. The van der Waals surface area contributed by atoms with Crippen LogP contribution < -0.4 is 0 Å². The monoisotopic (exact) mass is 210 g/mol. The minimum atomic E-state index is -3.03. The summed E-state index contributed by atoms with van der Waals surface area (Å²) in [6.07, 6.45) is -10.8. The van der Waals surface area contributed by atoms with Gasteiger partial charge in [0.25, 0.3) is 0 Å². The highest BCUT2D eigenvalue weighted by Crippen LogP contribution is 2.10. The first-order valence-electron chi connectivity index (χ1n) is 9.09. The summed E-state index contributed by atoms with van der Waals surface area (Å²) in [6.45, 7) is -0.318. The van der Waals surface area contributed by atoms with E-state index >= 15 is 0 Å². The fraction of sp³-hybridized carbons (Fsp3) is 1.00. The number of aliphatic hydroxyl groups excluding tert-OH is 2. The predicted molar refractivity (Wildman–Crippen MR) is 60.3 cm³/mol. The molecule has 0 unspecified atom stereocenters. The average molecular weight is 210 g/mol. The lowest BCUT2D eigenvalue weighted by Crippen LogP contribution is -1.85. The lowest BCUT2D eigenvalue weighted by Gasteiger charge is -2.01. The molecule has 0 fully saturated rings. The number of unbranched alkanes of at least 4 members (excludes halogenated alkanes) is 2. The summed E-state index contributed by atoms with van der Waals surface area (Å²) in [5.41, 5.74) is 0. The summed E-state index contributed by atoms with van der Waals surface area (Å²) in [4.78, 5) is 0. The van der Waals surface area contributed by atoms with Gasteiger partial charge in [0.15, 0.2) is 0 Å².